The highest BCUT2D eigenvalue weighted by molar-refractivity contribution is 9.10. The summed E-state index contributed by atoms with van der Waals surface area (Å²) in [5.74, 6) is 0.745. The molecule has 0 aliphatic heterocycles. The zero-order valence-corrected chi connectivity index (χ0v) is 13.2. The first-order valence-electron chi connectivity index (χ1n) is 6.35. The zero-order valence-electron chi connectivity index (χ0n) is 11.6. The summed E-state index contributed by atoms with van der Waals surface area (Å²) in [6.07, 6.45) is 1.89. The van der Waals surface area contributed by atoms with Gasteiger partial charge >= 0.3 is 0 Å². The molecule has 0 fully saturated rings. The van der Waals surface area contributed by atoms with Crippen molar-refractivity contribution in [1.29, 1.82) is 0 Å². The number of nitrogens with one attached hydrogen (secondary N) is 1. The van der Waals surface area contributed by atoms with E-state index >= 15 is 0 Å². The predicted molar refractivity (Wildman–Crippen MR) is 86.1 cm³/mol. The molecule has 0 amide bonds. The fourth-order valence-electron chi connectivity index (χ4n) is 2.20. The maximum Gasteiger partial charge on any atom is 0.161 e. The third-order valence-electron chi connectivity index (χ3n) is 3.31. The molecule has 1 aromatic carbocycles. The quantitative estimate of drug-likeness (QED) is 0.778. The molecule has 20 heavy (non-hydrogen) atoms. The molecule has 0 aliphatic rings. The number of H-pyrrole nitrogens is 1. The monoisotopic (exact) mass is 330 g/mol. The van der Waals surface area contributed by atoms with Gasteiger partial charge in [-0.15, -0.1) is 0 Å². The summed E-state index contributed by atoms with van der Waals surface area (Å²) in [7, 11) is 4.05. The van der Waals surface area contributed by atoms with E-state index in [0.29, 0.717) is 0 Å². The van der Waals surface area contributed by atoms with Gasteiger partial charge in [0.2, 0.25) is 0 Å². The minimum Gasteiger partial charge on any atom is -0.378 e. The molecule has 1 N–H and O–H groups in total. The molecule has 0 saturated carbocycles. The van der Waals surface area contributed by atoms with Gasteiger partial charge in [0.15, 0.2) is 5.82 Å². The van der Waals surface area contributed by atoms with Gasteiger partial charge in [-0.2, -0.15) is 0 Å². The average Bonchev–Trinajstić information content (AvgIpc) is 2.81. The molecule has 3 aromatic rings. The van der Waals surface area contributed by atoms with Crippen LogP contribution in [-0.4, -0.2) is 29.0 Å². The molecule has 0 unspecified atom stereocenters. The fourth-order valence-corrected chi connectivity index (χ4v) is 2.79. The maximum absolute atomic E-state index is 4.60. The van der Waals surface area contributed by atoms with Gasteiger partial charge in [-0.05, 0) is 47.1 Å². The lowest BCUT2D eigenvalue weighted by atomic mass is 10.1. The minimum absolute atomic E-state index is 0.745. The smallest absolute Gasteiger partial charge is 0.161 e. The molecule has 0 radical (unpaired) electrons. The molecular formula is C15H15BrN4. The Morgan fingerprint density at radius 2 is 1.80 bits per heavy atom. The number of aryl methyl sites for hydroxylation is 1. The summed E-state index contributed by atoms with van der Waals surface area (Å²) in [5, 5.41) is 1.04. The van der Waals surface area contributed by atoms with Gasteiger partial charge < -0.3 is 9.88 Å². The lowest BCUT2D eigenvalue weighted by Gasteiger charge is -2.12. The van der Waals surface area contributed by atoms with Crippen LogP contribution in [0, 0.1) is 6.92 Å². The van der Waals surface area contributed by atoms with Crippen LogP contribution in [0.2, 0.25) is 0 Å². The van der Waals surface area contributed by atoms with E-state index in [0.717, 1.165) is 38.3 Å². The standard InChI is InChI=1S/C15H15BrN4/c1-9-13-12(16)8-17-15(13)19-14(18-9)10-4-6-11(7-5-10)20(2)3/h4-8H,1-3H3,(H,17,18,19). The molecular weight excluding hydrogens is 316 g/mol. The average molecular weight is 331 g/mol. The summed E-state index contributed by atoms with van der Waals surface area (Å²) in [6, 6.07) is 8.24. The summed E-state index contributed by atoms with van der Waals surface area (Å²) in [6.45, 7) is 2.00. The summed E-state index contributed by atoms with van der Waals surface area (Å²) in [5.41, 5.74) is 4.01. The topological polar surface area (TPSA) is 44.8 Å². The second-order valence-electron chi connectivity index (χ2n) is 4.93. The van der Waals surface area contributed by atoms with E-state index in [-0.39, 0.29) is 0 Å². The van der Waals surface area contributed by atoms with Gasteiger partial charge in [-0.3, -0.25) is 0 Å². The molecule has 5 heteroatoms. The van der Waals surface area contributed by atoms with Crippen LogP contribution in [0.3, 0.4) is 0 Å². The van der Waals surface area contributed by atoms with Crippen LogP contribution < -0.4 is 4.90 Å². The van der Waals surface area contributed by atoms with Crippen molar-refractivity contribution in [3.05, 3.63) is 40.6 Å². The first-order chi connectivity index (χ1) is 9.56. The summed E-state index contributed by atoms with van der Waals surface area (Å²) >= 11 is 3.51. The van der Waals surface area contributed by atoms with E-state index in [1.54, 1.807) is 0 Å². The van der Waals surface area contributed by atoms with Crippen molar-refractivity contribution in [3.8, 4) is 11.4 Å². The number of fused-ring (bicyclic) bond motifs is 1. The molecule has 0 bridgehead atoms. The molecule has 0 atom stereocenters. The van der Waals surface area contributed by atoms with Crippen LogP contribution in [0.25, 0.3) is 22.4 Å². The second kappa shape index (κ2) is 4.90. The zero-order chi connectivity index (χ0) is 14.3. The van der Waals surface area contributed by atoms with Gasteiger partial charge in [0.05, 0.1) is 11.1 Å². The number of aromatic nitrogens is 3. The van der Waals surface area contributed by atoms with Crippen molar-refractivity contribution < 1.29 is 0 Å². The van der Waals surface area contributed by atoms with E-state index in [1.807, 2.05) is 39.3 Å². The summed E-state index contributed by atoms with van der Waals surface area (Å²) in [4.78, 5) is 14.4. The van der Waals surface area contributed by atoms with Crippen LogP contribution in [0.4, 0.5) is 5.69 Å². The van der Waals surface area contributed by atoms with Crippen LogP contribution in [0.1, 0.15) is 5.69 Å². The Labute approximate surface area is 126 Å². The number of hydrogen-bond acceptors (Lipinski definition) is 3. The largest absolute Gasteiger partial charge is 0.378 e. The van der Waals surface area contributed by atoms with Crippen LogP contribution in [-0.2, 0) is 0 Å². The maximum atomic E-state index is 4.60. The van der Waals surface area contributed by atoms with Crippen LogP contribution >= 0.6 is 15.9 Å². The Hall–Kier alpha value is -1.88. The van der Waals surface area contributed by atoms with E-state index in [4.69, 9.17) is 0 Å². The Morgan fingerprint density at radius 1 is 1.10 bits per heavy atom. The highest BCUT2D eigenvalue weighted by Crippen LogP contribution is 2.27. The molecule has 2 aromatic heterocycles. The fraction of sp³-hybridized carbons (Fsp3) is 0.200. The van der Waals surface area contributed by atoms with Crippen molar-refractivity contribution >= 4 is 32.7 Å². The molecule has 4 nitrogen and oxygen atoms in total. The number of aromatic amines is 1. The first kappa shape index (κ1) is 13.1. The third-order valence-corrected chi connectivity index (χ3v) is 3.93. The molecule has 0 spiro atoms. The molecule has 0 saturated heterocycles. The van der Waals surface area contributed by atoms with Gasteiger partial charge in [0, 0.05) is 36.0 Å². The number of nitrogens with zero attached hydrogens (tertiary/aromatic N) is 3. The Morgan fingerprint density at radius 3 is 2.45 bits per heavy atom. The Kier molecular flexibility index (Phi) is 3.22. The Bertz CT molecular complexity index is 759. The molecule has 0 aliphatic carbocycles. The van der Waals surface area contributed by atoms with Crippen molar-refractivity contribution in [3.63, 3.8) is 0 Å². The minimum atomic E-state index is 0.745. The Balaban J connectivity index is 2.10. The molecule has 102 valence electrons. The van der Waals surface area contributed by atoms with Crippen molar-refractivity contribution in [2.45, 2.75) is 6.92 Å². The SMILES string of the molecule is Cc1nc(-c2ccc(N(C)C)cc2)nc2[nH]cc(Br)c12. The van der Waals surface area contributed by atoms with Gasteiger partial charge in [0.25, 0.3) is 0 Å². The highest BCUT2D eigenvalue weighted by atomic mass is 79.9. The number of benzene rings is 1. The number of halogens is 1. The molecule has 2 heterocycles. The first-order valence-corrected chi connectivity index (χ1v) is 7.14. The van der Waals surface area contributed by atoms with Crippen molar-refractivity contribution in [2.24, 2.45) is 0 Å². The van der Waals surface area contributed by atoms with Gasteiger partial charge in [0.1, 0.15) is 5.65 Å². The molecule has 3 rings (SSSR count). The van der Waals surface area contributed by atoms with Crippen LogP contribution in [0.5, 0.6) is 0 Å². The van der Waals surface area contributed by atoms with E-state index in [9.17, 15) is 0 Å². The third kappa shape index (κ3) is 2.18. The number of rotatable bonds is 2. The number of hydrogen-bond donors (Lipinski definition) is 1. The predicted octanol–water partition coefficient (Wildman–Crippen LogP) is 3.76. The highest BCUT2D eigenvalue weighted by Gasteiger charge is 2.10. The van der Waals surface area contributed by atoms with E-state index < -0.39 is 0 Å². The van der Waals surface area contributed by atoms with E-state index in [1.165, 1.54) is 0 Å². The number of anilines is 1. The lowest BCUT2D eigenvalue weighted by molar-refractivity contribution is 1.12. The van der Waals surface area contributed by atoms with Crippen molar-refractivity contribution in [1.82, 2.24) is 15.0 Å². The second-order valence-corrected chi connectivity index (χ2v) is 5.79. The van der Waals surface area contributed by atoms with E-state index in [2.05, 4.69) is 47.9 Å². The van der Waals surface area contributed by atoms with Crippen molar-refractivity contribution in [2.75, 3.05) is 19.0 Å². The lowest BCUT2D eigenvalue weighted by Crippen LogP contribution is -2.08. The normalized spacial score (nSPS) is 11.0. The van der Waals surface area contributed by atoms with Gasteiger partial charge in [-0.1, -0.05) is 0 Å². The van der Waals surface area contributed by atoms with Gasteiger partial charge in [-0.25, -0.2) is 9.97 Å². The summed E-state index contributed by atoms with van der Waals surface area (Å²) < 4.78 is 1.000. The van der Waals surface area contributed by atoms with Crippen LogP contribution in [0.15, 0.2) is 34.9 Å².